The van der Waals surface area contributed by atoms with Gasteiger partial charge in [-0.25, -0.2) is 0 Å². The van der Waals surface area contributed by atoms with Crippen molar-refractivity contribution in [1.82, 2.24) is 14.7 Å². The Balaban J connectivity index is 2.18. The first-order valence-corrected chi connectivity index (χ1v) is 7.16. The predicted molar refractivity (Wildman–Crippen MR) is 74.7 cm³/mol. The van der Waals surface area contributed by atoms with Gasteiger partial charge in [0.05, 0.1) is 19.3 Å². The van der Waals surface area contributed by atoms with Crippen LogP contribution in [0.15, 0.2) is 18.5 Å². The second-order valence-electron chi connectivity index (χ2n) is 5.24. The monoisotopic (exact) mass is 295 g/mol. The highest BCUT2D eigenvalue weighted by Gasteiger charge is 2.40. The maximum atomic E-state index is 12.7. The summed E-state index contributed by atoms with van der Waals surface area (Å²) >= 11 is 0. The van der Waals surface area contributed by atoms with Gasteiger partial charge in [-0.3, -0.25) is 14.3 Å². The van der Waals surface area contributed by atoms with Crippen LogP contribution in [-0.2, 0) is 14.3 Å². The van der Waals surface area contributed by atoms with Crippen molar-refractivity contribution >= 4 is 11.9 Å². The van der Waals surface area contributed by atoms with Crippen molar-refractivity contribution in [3.8, 4) is 0 Å². The fourth-order valence-electron chi connectivity index (χ4n) is 2.63. The lowest BCUT2D eigenvalue weighted by Gasteiger charge is -2.32. The molecule has 0 aromatic carbocycles. The number of aromatic nitrogens is 2. The highest BCUT2D eigenvalue weighted by molar-refractivity contribution is 5.81. The first-order chi connectivity index (χ1) is 10.1. The van der Waals surface area contributed by atoms with Crippen LogP contribution < -0.4 is 0 Å². The van der Waals surface area contributed by atoms with Crippen LogP contribution in [0.3, 0.4) is 0 Å². The van der Waals surface area contributed by atoms with Crippen LogP contribution in [0.1, 0.15) is 26.3 Å². The highest BCUT2D eigenvalue weighted by atomic mass is 16.5. The second-order valence-corrected chi connectivity index (χ2v) is 5.24. The lowest BCUT2D eigenvalue weighted by molar-refractivity contribution is -0.146. The van der Waals surface area contributed by atoms with Crippen molar-refractivity contribution in [3.63, 3.8) is 0 Å². The number of nitrogens with zero attached hydrogens (tertiary/aromatic N) is 3. The Kier molecular flexibility index (Phi) is 4.95. The lowest BCUT2D eigenvalue weighted by atomic mass is 10.0. The van der Waals surface area contributed by atoms with Crippen LogP contribution in [0.4, 0.5) is 0 Å². The second kappa shape index (κ2) is 6.71. The van der Waals surface area contributed by atoms with Gasteiger partial charge in [0, 0.05) is 18.9 Å². The number of rotatable bonds is 6. The number of carboxylic acids is 1. The minimum Gasteiger partial charge on any atom is -0.481 e. The molecule has 116 valence electrons. The van der Waals surface area contributed by atoms with Crippen molar-refractivity contribution < 1.29 is 19.4 Å². The molecule has 1 saturated heterocycles. The number of hydrogen-bond donors (Lipinski definition) is 1. The number of ether oxygens (including phenoxy) is 1. The summed E-state index contributed by atoms with van der Waals surface area (Å²) in [6.07, 6.45) is 4.11. The smallest absolute Gasteiger partial charge is 0.311 e. The fraction of sp³-hybridized carbons (Fsp3) is 0.643. The maximum Gasteiger partial charge on any atom is 0.311 e. The minimum atomic E-state index is -0.918. The average molecular weight is 295 g/mol. The molecule has 0 radical (unpaired) electrons. The summed E-state index contributed by atoms with van der Waals surface area (Å²) in [5.74, 6) is -1.70. The van der Waals surface area contributed by atoms with E-state index in [1.807, 2.05) is 6.92 Å². The van der Waals surface area contributed by atoms with E-state index in [9.17, 15) is 14.7 Å². The molecule has 7 nitrogen and oxygen atoms in total. The van der Waals surface area contributed by atoms with E-state index in [2.05, 4.69) is 5.10 Å². The van der Waals surface area contributed by atoms with Gasteiger partial charge in [0.1, 0.15) is 12.0 Å². The molecule has 21 heavy (non-hydrogen) atoms. The molecule has 3 atom stereocenters. The van der Waals surface area contributed by atoms with Crippen LogP contribution in [-0.4, -0.2) is 57.5 Å². The topological polar surface area (TPSA) is 84.7 Å². The summed E-state index contributed by atoms with van der Waals surface area (Å²) in [5, 5.41) is 13.4. The highest BCUT2D eigenvalue weighted by Crippen LogP contribution is 2.23. The normalized spacial score (nSPS) is 23.0. The molecule has 1 aliphatic heterocycles. The van der Waals surface area contributed by atoms with Crippen LogP contribution in [0.25, 0.3) is 0 Å². The third-order valence-electron chi connectivity index (χ3n) is 3.79. The van der Waals surface area contributed by atoms with Gasteiger partial charge in [0.2, 0.25) is 5.91 Å². The molecule has 3 unspecified atom stereocenters. The third-order valence-corrected chi connectivity index (χ3v) is 3.79. The van der Waals surface area contributed by atoms with Crippen LogP contribution in [0.2, 0.25) is 0 Å². The molecule has 0 aliphatic carbocycles. The fourth-order valence-corrected chi connectivity index (χ4v) is 2.63. The number of carbonyl (C=O) groups is 2. The first kappa shape index (κ1) is 15.5. The summed E-state index contributed by atoms with van der Waals surface area (Å²) in [5.41, 5.74) is 0. The molecule has 0 bridgehead atoms. The zero-order valence-corrected chi connectivity index (χ0v) is 12.3. The number of carboxylic acid groups (broad SMARTS) is 1. The Morgan fingerprint density at radius 1 is 1.52 bits per heavy atom. The van der Waals surface area contributed by atoms with E-state index in [1.54, 1.807) is 35.0 Å². The molecule has 1 aromatic heterocycles. The van der Waals surface area contributed by atoms with Crippen LogP contribution >= 0.6 is 0 Å². The zero-order valence-electron chi connectivity index (χ0n) is 12.3. The molecule has 1 aliphatic rings. The third kappa shape index (κ3) is 3.24. The van der Waals surface area contributed by atoms with Crippen LogP contribution in [0, 0.1) is 5.92 Å². The molecule has 0 saturated carbocycles. The van der Waals surface area contributed by atoms with Crippen molar-refractivity contribution in [1.29, 1.82) is 0 Å². The van der Waals surface area contributed by atoms with Gasteiger partial charge in [-0.2, -0.15) is 5.10 Å². The largest absolute Gasteiger partial charge is 0.481 e. The molecule has 1 N–H and O–H groups in total. The molecule has 7 heteroatoms. The quantitative estimate of drug-likeness (QED) is 0.838. The average Bonchev–Trinajstić information content (AvgIpc) is 3.13. The van der Waals surface area contributed by atoms with Crippen molar-refractivity contribution in [2.24, 2.45) is 5.92 Å². The Morgan fingerprint density at radius 2 is 2.29 bits per heavy atom. The minimum absolute atomic E-state index is 0.123. The summed E-state index contributed by atoms with van der Waals surface area (Å²) in [6, 6.07) is 0.890. The Bertz CT molecular complexity index is 488. The first-order valence-electron chi connectivity index (χ1n) is 7.16. The van der Waals surface area contributed by atoms with Crippen molar-refractivity contribution in [2.45, 2.75) is 32.4 Å². The van der Waals surface area contributed by atoms with Crippen LogP contribution in [0.5, 0.6) is 0 Å². The lowest BCUT2D eigenvalue weighted by Crippen LogP contribution is -2.49. The van der Waals surface area contributed by atoms with E-state index < -0.39 is 24.0 Å². The van der Waals surface area contributed by atoms with E-state index in [-0.39, 0.29) is 19.1 Å². The number of amides is 1. The Morgan fingerprint density at radius 3 is 2.86 bits per heavy atom. The van der Waals surface area contributed by atoms with Gasteiger partial charge in [0.15, 0.2) is 0 Å². The molecule has 1 aromatic rings. The van der Waals surface area contributed by atoms with Gasteiger partial charge in [0.25, 0.3) is 0 Å². The van der Waals surface area contributed by atoms with E-state index in [0.717, 1.165) is 6.42 Å². The number of aliphatic carboxylic acids is 1. The van der Waals surface area contributed by atoms with Gasteiger partial charge in [-0.1, -0.05) is 6.92 Å². The molecule has 2 heterocycles. The Hall–Kier alpha value is -1.89. The van der Waals surface area contributed by atoms with Gasteiger partial charge < -0.3 is 14.7 Å². The summed E-state index contributed by atoms with van der Waals surface area (Å²) in [6.45, 7) is 4.68. The van der Waals surface area contributed by atoms with Crippen molar-refractivity contribution in [2.75, 3.05) is 19.8 Å². The molecule has 0 spiro atoms. The SMILES string of the molecule is CCCN(C(=O)C(C)n1cccn1)C1COCC1C(=O)O. The number of hydrogen-bond acceptors (Lipinski definition) is 4. The van der Waals surface area contributed by atoms with Gasteiger partial charge >= 0.3 is 5.97 Å². The van der Waals surface area contributed by atoms with Crippen molar-refractivity contribution in [3.05, 3.63) is 18.5 Å². The standard InChI is InChI=1S/C14H21N3O4/c1-3-6-16(12-9-21-8-11(12)14(19)20)13(18)10(2)17-7-4-5-15-17/h4-5,7,10-12H,3,6,8-9H2,1-2H3,(H,19,20). The van der Waals surface area contributed by atoms with Gasteiger partial charge in [-0.05, 0) is 19.4 Å². The van der Waals surface area contributed by atoms with E-state index >= 15 is 0 Å². The zero-order chi connectivity index (χ0) is 15.4. The maximum absolute atomic E-state index is 12.7. The molecular weight excluding hydrogens is 274 g/mol. The molecular formula is C14H21N3O4. The summed E-state index contributed by atoms with van der Waals surface area (Å²) in [4.78, 5) is 25.6. The summed E-state index contributed by atoms with van der Waals surface area (Å²) in [7, 11) is 0. The van der Waals surface area contributed by atoms with E-state index in [1.165, 1.54) is 0 Å². The summed E-state index contributed by atoms with van der Waals surface area (Å²) < 4.78 is 6.86. The van der Waals surface area contributed by atoms with Gasteiger partial charge in [-0.15, -0.1) is 0 Å². The molecule has 2 rings (SSSR count). The predicted octanol–water partition coefficient (Wildman–Crippen LogP) is 0.782. The Labute approximate surface area is 123 Å². The number of carbonyl (C=O) groups excluding carboxylic acids is 1. The molecule has 1 fully saturated rings. The van der Waals surface area contributed by atoms with E-state index in [4.69, 9.17) is 4.74 Å². The molecule has 1 amide bonds. The van der Waals surface area contributed by atoms with E-state index in [0.29, 0.717) is 6.54 Å².